The van der Waals surface area contributed by atoms with Gasteiger partial charge in [0.2, 0.25) is 0 Å². The van der Waals surface area contributed by atoms with Gasteiger partial charge in [-0.3, -0.25) is 9.59 Å². The highest BCUT2D eigenvalue weighted by Crippen LogP contribution is 2.16. The second-order valence-corrected chi connectivity index (χ2v) is 19.7. The molecule has 0 aromatic carbocycles. The minimum absolute atomic E-state index is 0.0713. The van der Waals surface area contributed by atoms with Crippen LogP contribution in [0.1, 0.15) is 277 Å². The summed E-state index contributed by atoms with van der Waals surface area (Å²) in [4.78, 5) is 24.5. The van der Waals surface area contributed by atoms with Gasteiger partial charge in [0.15, 0.2) is 6.10 Å². The first-order valence-electron chi connectivity index (χ1n) is 29.9. The molecule has 0 radical (unpaired) electrons. The van der Waals surface area contributed by atoms with E-state index in [9.17, 15) is 14.7 Å². The SMILES string of the molecule is CC/C=C\C/C=C\C/C=C\C/C=C\C/C=C\C/C=C\C/C=C\C/C=C\CCCCCCCCCCCCCCCCCCC(=O)OC(CO)COC(=O)CCCCCCC/C=C\CCCCCCCCC. The maximum atomic E-state index is 12.3. The van der Waals surface area contributed by atoms with Gasteiger partial charge in [-0.25, -0.2) is 0 Å². The van der Waals surface area contributed by atoms with Gasteiger partial charge in [0.05, 0.1) is 6.61 Å². The molecule has 1 unspecified atom stereocenters. The van der Waals surface area contributed by atoms with Crippen LogP contribution in [-0.4, -0.2) is 36.4 Å². The zero-order valence-corrected chi connectivity index (χ0v) is 46.5. The van der Waals surface area contributed by atoms with Crippen LogP contribution in [0.25, 0.3) is 0 Å². The first-order chi connectivity index (χ1) is 35.1. The number of allylic oxidation sites excluding steroid dienone is 18. The Morgan fingerprint density at radius 1 is 0.338 bits per heavy atom. The average Bonchev–Trinajstić information content (AvgIpc) is 3.37. The third kappa shape index (κ3) is 59.0. The molecule has 0 aliphatic heterocycles. The highest BCUT2D eigenvalue weighted by Gasteiger charge is 2.16. The van der Waals surface area contributed by atoms with Crippen molar-refractivity contribution in [2.45, 2.75) is 283 Å². The third-order valence-electron chi connectivity index (χ3n) is 12.8. The normalized spacial score (nSPS) is 13.0. The number of rotatable bonds is 54. The molecule has 0 amide bonds. The van der Waals surface area contributed by atoms with Crippen LogP contribution < -0.4 is 0 Å². The number of hydrogen-bond acceptors (Lipinski definition) is 5. The van der Waals surface area contributed by atoms with E-state index in [1.807, 2.05) is 0 Å². The lowest BCUT2D eigenvalue weighted by atomic mass is 10.0. The molecule has 0 aliphatic carbocycles. The number of esters is 2. The predicted molar refractivity (Wildman–Crippen MR) is 311 cm³/mol. The molecule has 406 valence electrons. The Hall–Kier alpha value is -3.44. The predicted octanol–water partition coefficient (Wildman–Crippen LogP) is 20.5. The Morgan fingerprint density at radius 2 is 0.606 bits per heavy atom. The molecule has 0 aromatic heterocycles. The van der Waals surface area contributed by atoms with Gasteiger partial charge in [-0.1, -0.05) is 271 Å². The van der Waals surface area contributed by atoms with Crippen molar-refractivity contribution in [2.24, 2.45) is 0 Å². The molecule has 0 saturated carbocycles. The summed E-state index contributed by atoms with van der Waals surface area (Å²) in [6.07, 6.45) is 87.9. The van der Waals surface area contributed by atoms with Gasteiger partial charge < -0.3 is 14.6 Å². The Balaban J connectivity index is 3.50. The lowest BCUT2D eigenvalue weighted by Gasteiger charge is -2.15. The zero-order chi connectivity index (χ0) is 51.3. The Morgan fingerprint density at radius 3 is 0.930 bits per heavy atom. The molecule has 0 fully saturated rings. The maximum absolute atomic E-state index is 12.3. The van der Waals surface area contributed by atoms with Crippen LogP contribution in [0.2, 0.25) is 0 Å². The van der Waals surface area contributed by atoms with Crippen LogP contribution >= 0.6 is 0 Å². The van der Waals surface area contributed by atoms with E-state index in [0.717, 1.165) is 96.3 Å². The molecule has 5 heteroatoms. The van der Waals surface area contributed by atoms with Crippen molar-refractivity contribution < 1.29 is 24.2 Å². The molecule has 0 aliphatic rings. The standard InChI is InChI=1S/C66H112O5/c1-3-5-7-9-11-13-15-17-19-21-22-23-24-25-26-27-28-29-30-31-32-33-34-35-36-37-38-39-40-41-42-43-44-45-47-49-51-53-55-57-59-61-66(69)71-64(62-67)63-70-65(68)60-58-56-54-52-50-48-46-20-18-16-14-12-10-8-6-4-2/h5,7,11,13,17,19-20,22-23,25-26,28-29,31-32,34-35,46,64,67H,3-4,6,8-10,12,14-16,18,21,24,27,30,33,36-45,47-63H2,1-2H3/b7-5-,13-11-,19-17-,23-22-,26-25-,29-28-,32-31-,35-34-,46-20-. The second-order valence-electron chi connectivity index (χ2n) is 19.7. The number of carbonyl (C=O) groups is 2. The Labute approximate surface area is 440 Å². The van der Waals surface area contributed by atoms with Crippen molar-refractivity contribution in [3.05, 3.63) is 109 Å². The summed E-state index contributed by atoms with van der Waals surface area (Å²) in [5.74, 6) is -0.596. The van der Waals surface area contributed by atoms with Crippen LogP contribution in [-0.2, 0) is 19.1 Å². The molecular weight excluding hydrogens is 873 g/mol. The van der Waals surface area contributed by atoms with Crippen molar-refractivity contribution in [2.75, 3.05) is 13.2 Å². The summed E-state index contributed by atoms with van der Waals surface area (Å²) in [6, 6.07) is 0. The van der Waals surface area contributed by atoms with E-state index in [4.69, 9.17) is 9.47 Å². The largest absolute Gasteiger partial charge is 0.462 e. The first-order valence-corrected chi connectivity index (χ1v) is 29.9. The molecule has 5 nitrogen and oxygen atoms in total. The number of ether oxygens (including phenoxy) is 2. The van der Waals surface area contributed by atoms with Crippen molar-refractivity contribution in [3.8, 4) is 0 Å². The highest BCUT2D eigenvalue weighted by atomic mass is 16.6. The number of hydrogen-bond donors (Lipinski definition) is 1. The van der Waals surface area contributed by atoms with Crippen molar-refractivity contribution >= 4 is 11.9 Å². The molecule has 0 rings (SSSR count). The van der Waals surface area contributed by atoms with Gasteiger partial charge in [-0.05, 0) is 103 Å². The maximum Gasteiger partial charge on any atom is 0.306 e. The van der Waals surface area contributed by atoms with Gasteiger partial charge in [-0.15, -0.1) is 0 Å². The average molecular weight is 986 g/mol. The van der Waals surface area contributed by atoms with Crippen molar-refractivity contribution in [3.63, 3.8) is 0 Å². The van der Waals surface area contributed by atoms with Gasteiger partial charge >= 0.3 is 11.9 Å². The molecule has 0 saturated heterocycles. The monoisotopic (exact) mass is 985 g/mol. The van der Waals surface area contributed by atoms with Crippen LogP contribution in [0.3, 0.4) is 0 Å². The summed E-state index contributed by atoms with van der Waals surface area (Å²) in [6.45, 7) is 4.03. The van der Waals surface area contributed by atoms with E-state index in [2.05, 4.69) is 123 Å². The molecule has 0 spiro atoms. The van der Waals surface area contributed by atoms with E-state index in [1.54, 1.807) is 0 Å². The van der Waals surface area contributed by atoms with Crippen LogP contribution in [0.5, 0.6) is 0 Å². The van der Waals surface area contributed by atoms with E-state index < -0.39 is 6.10 Å². The fourth-order valence-electron chi connectivity index (χ4n) is 8.33. The summed E-state index contributed by atoms with van der Waals surface area (Å²) in [5.41, 5.74) is 0. The fraction of sp³-hybridized carbons (Fsp3) is 0.697. The lowest BCUT2D eigenvalue weighted by molar-refractivity contribution is -0.161. The number of carbonyl (C=O) groups excluding carboxylic acids is 2. The number of unbranched alkanes of at least 4 members (excludes halogenated alkanes) is 28. The highest BCUT2D eigenvalue weighted by molar-refractivity contribution is 5.70. The molecule has 0 bridgehead atoms. The van der Waals surface area contributed by atoms with Gasteiger partial charge in [0.1, 0.15) is 6.61 Å². The molecular formula is C66H112O5. The fourth-order valence-corrected chi connectivity index (χ4v) is 8.33. The minimum Gasteiger partial charge on any atom is -0.462 e. The molecule has 71 heavy (non-hydrogen) atoms. The van der Waals surface area contributed by atoms with Crippen molar-refractivity contribution in [1.29, 1.82) is 0 Å². The summed E-state index contributed by atoms with van der Waals surface area (Å²) < 4.78 is 10.7. The lowest BCUT2D eigenvalue weighted by Crippen LogP contribution is -2.28. The molecule has 0 aromatic rings. The molecule has 1 atom stereocenters. The van der Waals surface area contributed by atoms with E-state index in [0.29, 0.717) is 12.8 Å². The van der Waals surface area contributed by atoms with E-state index >= 15 is 0 Å². The summed E-state index contributed by atoms with van der Waals surface area (Å²) >= 11 is 0. The Kier molecular flexibility index (Phi) is 57.9. The molecule has 1 N–H and O–H groups in total. The summed E-state index contributed by atoms with van der Waals surface area (Å²) in [5, 5.41) is 9.64. The second kappa shape index (κ2) is 60.9. The van der Waals surface area contributed by atoms with Crippen LogP contribution in [0.15, 0.2) is 109 Å². The topological polar surface area (TPSA) is 72.8 Å². The summed E-state index contributed by atoms with van der Waals surface area (Å²) in [7, 11) is 0. The number of aliphatic hydroxyl groups is 1. The quantitative estimate of drug-likeness (QED) is 0.0373. The Bertz CT molecular complexity index is 1390. The van der Waals surface area contributed by atoms with Gasteiger partial charge in [0, 0.05) is 12.8 Å². The minimum atomic E-state index is -0.779. The van der Waals surface area contributed by atoms with E-state index in [-0.39, 0.29) is 25.2 Å². The smallest absolute Gasteiger partial charge is 0.306 e. The van der Waals surface area contributed by atoms with Crippen LogP contribution in [0.4, 0.5) is 0 Å². The number of aliphatic hydroxyl groups excluding tert-OH is 1. The van der Waals surface area contributed by atoms with Gasteiger partial charge in [-0.2, -0.15) is 0 Å². The van der Waals surface area contributed by atoms with Gasteiger partial charge in [0.25, 0.3) is 0 Å². The first kappa shape index (κ1) is 67.6. The third-order valence-corrected chi connectivity index (χ3v) is 12.8. The van der Waals surface area contributed by atoms with Crippen molar-refractivity contribution in [1.82, 2.24) is 0 Å². The zero-order valence-electron chi connectivity index (χ0n) is 46.5. The van der Waals surface area contributed by atoms with E-state index in [1.165, 1.54) is 154 Å². The molecule has 0 heterocycles. The van der Waals surface area contributed by atoms with Crippen LogP contribution in [0, 0.1) is 0 Å².